The van der Waals surface area contributed by atoms with Crippen LogP contribution in [0.15, 0.2) is 18.2 Å². The molecular formula is C14H20O. The molecule has 0 aliphatic rings. The summed E-state index contributed by atoms with van der Waals surface area (Å²) in [4.78, 5) is 12.2. The third-order valence-corrected chi connectivity index (χ3v) is 3.23. The molecule has 1 rings (SSSR count). The van der Waals surface area contributed by atoms with Crippen LogP contribution in [0.3, 0.4) is 0 Å². The van der Waals surface area contributed by atoms with Gasteiger partial charge in [-0.3, -0.25) is 4.79 Å². The van der Waals surface area contributed by atoms with E-state index in [1.807, 2.05) is 19.1 Å². The monoisotopic (exact) mass is 204 g/mol. The lowest BCUT2D eigenvalue weighted by molar-refractivity contribution is 0.0912. The maximum Gasteiger partial charge on any atom is 0.166 e. The largest absolute Gasteiger partial charge is 0.294 e. The van der Waals surface area contributed by atoms with Crippen LogP contribution in [0.25, 0.3) is 0 Å². The van der Waals surface area contributed by atoms with Gasteiger partial charge in [-0.1, -0.05) is 32.0 Å². The molecule has 0 aromatic heterocycles. The van der Waals surface area contributed by atoms with Gasteiger partial charge in [-0.05, 0) is 37.8 Å². The van der Waals surface area contributed by atoms with Crippen LogP contribution in [-0.4, -0.2) is 5.78 Å². The number of benzene rings is 1. The van der Waals surface area contributed by atoms with Crippen molar-refractivity contribution in [3.63, 3.8) is 0 Å². The second-order valence-electron chi connectivity index (χ2n) is 4.13. The smallest absolute Gasteiger partial charge is 0.166 e. The summed E-state index contributed by atoms with van der Waals surface area (Å²) < 4.78 is 0. The lowest BCUT2D eigenvalue weighted by atomic mass is 9.89. The first kappa shape index (κ1) is 12.0. The number of hydrogen-bond acceptors (Lipinski definition) is 1. The van der Waals surface area contributed by atoms with Gasteiger partial charge >= 0.3 is 0 Å². The van der Waals surface area contributed by atoms with E-state index in [2.05, 4.69) is 26.8 Å². The van der Waals surface area contributed by atoms with Gasteiger partial charge in [0.05, 0.1) is 0 Å². The fraction of sp³-hybridized carbons (Fsp3) is 0.500. The van der Waals surface area contributed by atoms with Gasteiger partial charge in [0.15, 0.2) is 5.78 Å². The lowest BCUT2D eigenvalue weighted by Gasteiger charge is -2.14. The van der Waals surface area contributed by atoms with Crippen molar-refractivity contribution < 1.29 is 4.79 Å². The van der Waals surface area contributed by atoms with Crippen LogP contribution in [0, 0.1) is 19.8 Å². The van der Waals surface area contributed by atoms with Gasteiger partial charge in [0.25, 0.3) is 0 Å². The summed E-state index contributed by atoms with van der Waals surface area (Å²) in [5.41, 5.74) is 3.24. The quantitative estimate of drug-likeness (QED) is 0.679. The van der Waals surface area contributed by atoms with Crippen molar-refractivity contribution in [2.24, 2.45) is 5.92 Å². The molecule has 0 bridgehead atoms. The zero-order valence-electron chi connectivity index (χ0n) is 10.1. The lowest BCUT2D eigenvalue weighted by Crippen LogP contribution is -2.14. The maximum atomic E-state index is 12.2. The van der Waals surface area contributed by atoms with E-state index >= 15 is 0 Å². The van der Waals surface area contributed by atoms with E-state index in [-0.39, 0.29) is 5.92 Å². The van der Waals surface area contributed by atoms with Crippen molar-refractivity contribution in [3.8, 4) is 0 Å². The fourth-order valence-electron chi connectivity index (χ4n) is 1.90. The van der Waals surface area contributed by atoms with E-state index in [1.54, 1.807) is 0 Å². The standard InChI is InChI=1S/C14H20O/c1-5-12(6-2)14(15)13-9-7-8-10(3)11(13)4/h7-9,12H,5-6H2,1-4H3. The van der Waals surface area contributed by atoms with Crippen LogP contribution in [0.1, 0.15) is 48.2 Å². The summed E-state index contributed by atoms with van der Waals surface area (Å²) in [5.74, 6) is 0.492. The third kappa shape index (κ3) is 2.47. The van der Waals surface area contributed by atoms with E-state index in [1.165, 1.54) is 5.56 Å². The fourth-order valence-corrected chi connectivity index (χ4v) is 1.90. The van der Waals surface area contributed by atoms with Crippen LogP contribution in [-0.2, 0) is 0 Å². The summed E-state index contributed by atoms with van der Waals surface area (Å²) >= 11 is 0. The second kappa shape index (κ2) is 5.11. The molecule has 1 aromatic rings. The first-order valence-electron chi connectivity index (χ1n) is 5.72. The molecule has 0 unspecified atom stereocenters. The van der Waals surface area contributed by atoms with Gasteiger partial charge in [0.2, 0.25) is 0 Å². The third-order valence-electron chi connectivity index (χ3n) is 3.23. The molecule has 1 heteroatoms. The molecule has 1 nitrogen and oxygen atoms in total. The molecule has 0 N–H and O–H groups in total. The number of carbonyl (C=O) groups excluding carboxylic acids is 1. The zero-order valence-corrected chi connectivity index (χ0v) is 10.1. The molecule has 0 aliphatic carbocycles. The Morgan fingerprint density at radius 3 is 2.33 bits per heavy atom. The molecule has 0 saturated heterocycles. The number of carbonyl (C=O) groups is 1. The Labute approximate surface area is 92.5 Å². The van der Waals surface area contributed by atoms with Crippen molar-refractivity contribution >= 4 is 5.78 Å². The van der Waals surface area contributed by atoms with Gasteiger partial charge in [0.1, 0.15) is 0 Å². The second-order valence-corrected chi connectivity index (χ2v) is 4.13. The van der Waals surface area contributed by atoms with E-state index in [0.717, 1.165) is 24.0 Å². The molecule has 0 radical (unpaired) electrons. The molecule has 15 heavy (non-hydrogen) atoms. The minimum Gasteiger partial charge on any atom is -0.294 e. The summed E-state index contributed by atoms with van der Waals surface area (Å²) in [6.07, 6.45) is 1.87. The Balaban J connectivity index is 3.05. The van der Waals surface area contributed by atoms with Crippen molar-refractivity contribution in [1.82, 2.24) is 0 Å². The van der Waals surface area contributed by atoms with Crippen molar-refractivity contribution in [3.05, 3.63) is 34.9 Å². The Bertz CT molecular complexity index is 348. The molecule has 1 aromatic carbocycles. The average Bonchev–Trinajstić information content (AvgIpc) is 2.23. The van der Waals surface area contributed by atoms with Crippen LogP contribution < -0.4 is 0 Å². The van der Waals surface area contributed by atoms with Gasteiger partial charge in [-0.25, -0.2) is 0 Å². The molecule has 0 spiro atoms. The average molecular weight is 204 g/mol. The predicted molar refractivity (Wildman–Crippen MR) is 64.3 cm³/mol. The molecule has 0 aliphatic heterocycles. The van der Waals surface area contributed by atoms with Gasteiger partial charge in [0, 0.05) is 11.5 Å². The van der Waals surface area contributed by atoms with Crippen molar-refractivity contribution in [2.45, 2.75) is 40.5 Å². The molecule has 0 amide bonds. The Kier molecular flexibility index (Phi) is 4.07. The van der Waals surface area contributed by atoms with Gasteiger partial charge in [-0.15, -0.1) is 0 Å². The van der Waals surface area contributed by atoms with Crippen LogP contribution in [0.4, 0.5) is 0 Å². The summed E-state index contributed by atoms with van der Waals surface area (Å²) in [7, 11) is 0. The Hall–Kier alpha value is -1.11. The van der Waals surface area contributed by atoms with E-state index in [4.69, 9.17) is 0 Å². The topological polar surface area (TPSA) is 17.1 Å². The molecule has 0 heterocycles. The molecule has 0 fully saturated rings. The first-order valence-corrected chi connectivity index (χ1v) is 5.72. The van der Waals surface area contributed by atoms with Gasteiger partial charge < -0.3 is 0 Å². The number of hydrogen-bond donors (Lipinski definition) is 0. The van der Waals surface area contributed by atoms with E-state index < -0.39 is 0 Å². The molecule has 0 saturated carbocycles. The highest BCUT2D eigenvalue weighted by Crippen LogP contribution is 2.20. The normalized spacial score (nSPS) is 10.7. The molecular weight excluding hydrogens is 184 g/mol. The number of Topliss-reactive ketones (excluding diaryl/α,β-unsaturated/α-hetero) is 1. The minimum absolute atomic E-state index is 0.186. The van der Waals surface area contributed by atoms with Crippen LogP contribution in [0.5, 0.6) is 0 Å². The summed E-state index contributed by atoms with van der Waals surface area (Å²) in [5, 5.41) is 0. The van der Waals surface area contributed by atoms with Gasteiger partial charge in [-0.2, -0.15) is 0 Å². The number of aryl methyl sites for hydroxylation is 1. The summed E-state index contributed by atoms with van der Waals surface area (Å²) in [6.45, 7) is 8.25. The van der Waals surface area contributed by atoms with Crippen molar-refractivity contribution in [1.29, 1.82) is 0 Å². The van der Waals surface area contributed by atoms with E-state index in [0.29, 0.717) is 5.78 Å². The SMILES string of the molecule is CCC(CC)C(=O)c1cccc(C)c1C. The highest BCUT2D eigenvalue weighted by Gasteiger charge is 2.18. The summed E-state index contributed by atoms with van der Waals surface area (Å²) in [6, 6.07) is 5.97. The highest BCUT2D eigenvalue weighted by molar-refractivity contribution is 5.99. The van der Waals surface area contributed by atoms with Crippen molar-refractivity contribution in [2.75, 3.05) is 0 Å². The van der Waals surface area contributed by atoms with Crippen LogP contribution in [0.2, 0.25) is 0 Å². The maximum absolute atomic E-state index is 12.2. The van der Waals surface area contributed by atoms with Crippen LogP contribution >= 0.6 is 0 Å². The molecule has 82 valence electrons. The van der Waals surface area contributed by atoms with E-state index in [9.17, 15) is 4.79 Å². The number of ketones is 1. The predicted octanol–water partition coefficient (Wildman–Crippen LogP) is 3.92. The zero-order chi connectivity index (χ0) is 11.4. The minimum atomic E-state index is 0.186. The first-order chi connectivity index (χ1) is 7.11. The Morgan fingerprint density at radius 2 is 1.80 bits per heavy atom. The number of rotatable bonds is 4. The Morgan fingerprint density at radius 1 is 1.20 bits per heavy atom. The molecule has 0 atom stereocenters. The highest BCUT2D eigenvalue weighted by atomic mass is 16.1.